The van der Waals surface area contributed by atoms with Crippen molar-refractivity contribution >= 4 is 250 Å². The fourth-order valence-corrected chi connectivity index (χ4v) is 0. The summed E-state index contributed by atoms with van der Waals surface area (Å²) in [6.07, 6.45) is 0. The van der Waals surface area contributed by atoms with Crippen molar-refractivity contribution < 1.29 is 63.2 Å². The third kappa shape index (κ3) is 326. The van der Waals surface area contributed by atoms with Crippen molar-refractivity contribution in [2.45, 2.75) is 0 Å². The predicted molar refractivity (Wildman–Crippen MR) is 59.3 cm³/mol. The molecule has 22 heavy (non-hydrogen) atoms. The van der Waals surface area contributed by atoms with Gasteiger partial charge in [-0.25, -0.2) is 0 Å². The molecule has 0 aliphatic heterocycles. The quantitative estimate of drug-likeness (QED) is 0.203. The van der Waals surface area contributed by atoms with Crippen LogP contribution in [0.15, 0.2) is 0 Å². The van der Waals surface area contributed by atoms with Crippen molar-refractivity contribution in [3.63, 3.8) is 0 Å². The third-order valence-corrected chi connectivity index (χ3v) is 0. The standard InChI is InChI=1S/6Ca.3H3O4P.H2O/c;;;;;;3*1-5(2,3)4;/h;;;;;;3*(H3,1,2,3,4);1H2/q6*+2;;;;/p-10. The smallest absolute Gasteiger partial charge is 0.870 e. The molecule has 0 spiro atoms. The maximum absolute atomic E-state index is 8.55. The van der Waals surface area contributed by atoms with Crippen LogP contribution >= 0.6 is 23.5 Å². The zero-order valence-electron chi connectivity index (χ0n) is 10.9. The van der Waals surface area contributed by atoms with Crippen molar-refractivity contribution in [3.8, 4) is 0 Å². The summed E-state index contributed by atoms with van der Waals surface area (Å²) in [5.41, 5.74) is 0. The van der Waals surface area contributed by atoms with Crippen LogP contribution in [-0.4, -0.2) is 232 Å². The van der Waals surface area contributed by atoms with E-state index >= 15 is 0 Å². The van der Waals surface area contributed by atoms with Crippen LogP contribution in [0.1, 0.15) is 0 Å². The molecule has 0 aliphatic rings. The van der Waals surface area contributed by atoms with Gasteiger partial charge < -0.3 is 63.2 Å². The molecule has 0 fully saturated rings. The molecule has 0 radical (unpaired) electrons. The zero-order valence-corrected chi connectivity index (χ0v) is 26.9. The summed E-state index contributed by atoms with van der Waals surface area (Å²) >= 11 is 0. The minimum Gasteiger partial charge on any atom is -0.870 e. The first kappa shape index (κ1) is 63.1. The molecule has 13 nitrogen and oxygen atoms in total. The first-order chi connectivity index (χ1) is 6.00. The van der Waals surface area contributed by atoms with Crippen molar-refractivity contribution in [3.05, 3.63) is 0 Å². The SMILES string of the molecule is O=P([O-])([O-])[O-].O=P([O-])([O-])[O-].O=P([O-])([O-])[O-].[Ca+2].[Ca+2].[Ca+2].[Ca+2].[Ca+2].[Ca+2].[OH-]. The van der Waals surface area contributed by atoms with Crippen LogP contribution in [0.25, 0.3) is 0 Å². The largest absolute Gasteiger partial charge is 2.00 e. The van der Waals surface area contributed by atoms with E-state index in [0.29, 0.717) is 0 Å². The number of hydrogen-bond acceptors (Lipinski definition) is 13. The van der Waals surface area contributed by atoms with Crippen molar-refractivity contribution in [2.75, 3.05) is 0 Å². The first-order valence-corrected chi connectivity index (χ1v) is 6.57. The molecule has 0 unspecified atom stereocenters. The molecule has 0 saturated heterocycles. The van der Waals surface area contributed by atoms with Crippen molar-refractivity contribution in [1.29, 1.82) is 0 Å². The van der Waals surface area contributed by atoms with Gasteiger partial charge in [-0.2, -0.15) is 23.5 Å². The summed E-state index contributed by atoms with van der Waals surface area (Å²) in [6.45, 7) is 0. The third-order valence-electron chi connectivity index (χ3n) is 0. The second-order valence-electron chi connectivity index (χ2n) is 1.34. The van der Waals surface area contributed by atoms with E-state index in [1.807, 2.05) is 0 Å². The number of rotatable bonds is 0. The van der Waals surface area contributed by atoms with E-state index in [1.165, 1.54) is 0 Å². The summed E-state index contributed by atoms with van der Waals surface area (Å²) < 4.78 is 25.6. The van der Waals surface area contributed by atoms with Gasteiger partial charge in [0.25, 0.3) is 0 Å². The van der Waals surface area contributed by atoms with Crippen molar-refractivity contribution in [1.82, 2.24) is 0 Å². The van der Waals surface area contributed by atoms with Crippen LogP contribution in [0.3, 0.4) is 0 Å². The van der Waals surface area contributed by atoms with E-state index in [-0.39, 0.29) is 232 Å². The van der Waals surface area contributed by atoms with Gasteiger partial charge in [-0.05, 0) is 0 Å². The van der Waals surface area contributed by atoms with E-state index in [9.17, 15) is 0 Å². The number of hydrogen-bond donors (Lipinski definition) is 0. The Morgan fingerprint density at radius 1 is 0.364 bits per heavy atom. The van der Waals surface area contributed by atoms with Gasteiger partial charge in [-0.15, -0.1) is 0 Å². The van der Waals surface area contributed by atoms with Crippen molar-refractivity contribution in [2.24, 2.45) is 0 Å². The van der Waals surface area contributed by atoms with E-state index in [2.05, 4.69) is 0 Å². The second-order valence-corrected chi connectivity index (χ2v) is 4.02. The fraction of sp³-hybridized carbons (Fsp3) is 0. The Labute approximate surface area is 304 Å². The summed E-state index contributed by atoms with van der Waals surface area (Å²) in [5, 5.41) is 0. The minimum absolute atomic E-state index is 0. The molecule has 1 N–H and O–H groups in total. The Hall–Kier alpha value is 7.85. The normalized spacial score (nSPS) is 8.05. The summed E-state index contributed by atoms with van der Waals surface area (Å²) in [4.78, 5) is 76.9. The topological polar surface area (TPSA) is 289 Å². The Morgan fingerprint density at radius 3 is 0.364 bits per heavy atom. The van der Waals surface area contributed by atoms with E-state index in [0.717, 1.165) is 0 Å². The van der Waals surface area contributed by atoms with Crippen LogP contribution in [0.5, 0.6) is 0 Å². The Morgan fingerprint density at radius 2 is 0.364 bits per heavy atom. The van der Waals surface area contributed by atoms with Crippen LogP contribution in [0.2, 0.25) is 0 Å². The summed E-state index contributed by atoms with van der Waals surface area (Å²) in [5.74, 6) is 0. The van der Waals surface area contributed by atoms with Crippen LogP contribution in [0.4, 0.5) is 0 Å². The molecule has 0 aromatic rings. The Bertz CT molecular complexity index is 216. The van der Waals surface area contributed by atoms with Gasteiger partial charge in [0.05, 0.1) is 0 Å². The molecular formula is HCa6O13P3+2. The molecule has 0 bridgehead atoms. The Kier molecular flexibility index (Phi) is 96.0. The molecular weight excluding hydrogens is 541 g/mol. The zero-order chi connectivity index (χ0) is 13.5. The van der Waals surface area contributed by atoms with Gasteiger partial charge in [0.2, 0.25) is 0 Å². The molecule has 104 valence electrons. The first-order valence-electron chi connectivity index (χ1n) is 2.19. The molecule has 0 aromatic heterocycles. The van der Waals surface area contributed by atoms with Crippen LogP contribution in [-0.2, 0) is 13.7 Å². The average Bonchev–Trinajstić information content (AvgIpc) is 1.41. The van der Waals surface area contributed by atoms with Crippen LogP contribution < -0.4 is 44.0 Å². The Balaban J connectivity index is -0.0000000106. The monoisotopic (exact) mass is 542 g/mol. The number of phosphoric acid groups is 3. The molecule has 0 aromatic carbocycles. The molecule has 0 rings (SSSR count). The van der Waals surface area contributed by atoms with E-state index in [1.54, 1.807) is 0 Å². The molecule has 0 saturated carbocycles. The average molecular weight is 542 g/mol. The molecule has 22 heteroatoms. The molecule has 0 amide bonds. The minimum atomic E-state index is -5.39. The van der Waals surface area contributed by atoms with E-state index in [4.69, 9.17) is 57.7 Å². The maximum Gasteiger partial charge on any atom is 2.00 e. The van der Waals surface area contributed by atoms with Gasteiger partial charge in [0.1, 0.15) is 0 Å². The summed E-state index contributed by atoms with van der Waals surface area (Å²) in [7, 11) is -16.2. The molecule has 0 atom stereocenters. The van der Waals surface area contributed by atoms with Gasteiger partial charge in [0.15, 0.2) is 0 Å². The molecule has 0 heterocycles. The van der Waals surface area contributed by atoms with Gasteiger partial charge in [-0.1, -0.05) is 0 Å². The predicted octanol–water partition coefficient (Wildman–Crippen LogP) is -10.9. The molecule has 0 aliphatic carbocycles. The van der Waals surface area contributed by atoms with Gasteiger partial charge in [0, 0.05) is 0 Å². The van der Waals surface area contributed by atoms with E-state index < -0.39 is 23.5 Å². The van der Waals surface area contributed by atoms with Crippen LogP contribution in [0, 0.1) is 0 Å². The maximum atomic E-state index is 8.55. The summed E-state index contributed by atoms with van der Waals surface area (Å²) in [6, 6.07) is 0. The second kappa shape index (κ2) is 33.5. The van der Waals surface area contributed by atoms with Gasteiger partial charge in [-0.3, -0.25) is 0 Å². The van der Waals surface area contributed by atoms with Gasteiger partial charge >= 0.3 is 226 Å². The fourth-order valence-electron chi connectivity index (χ4n) is 0.